The Bertz CT molecular complexity index is 960. The number of carbonyl (C=O) groups is 1. The Morgan fingerprint density at radius 3 is 2.64 bits per heavy atom. The van der Waals surface area contributed by atoms with E-state index in [1.165, 1.54) is 12.1 Å². The molecule has 5 nitrogen and oxygen atoms in total. The summed E-state index contributed by atoms with van der Waals surface area (Å²) in [6, 6.07) is 8.39. The number of hydrogen-bond donors (Lipinski definition) is 0. The van der Waals surface area contributed by atoms with Crippen molar-refractivity contribution in [3.63, 3.8) is 0 Å². The summed E-state index contributed by atoms with van der Waals surface area (Å²) >= 11 is 0. The van der Waals surface area contributed by atoms with Crippen molar-refractivity contribution >= 4 is 5.91 Å². The van der Waals surface area contributed by atoms with Crippen LogP contribution >= 0.6 is 0 Å². The molecule has 3 heterocycles. The average Bonchev–Trinajstić information content (AvgIpc) is 3.34. The standard InChI is InChI=1S/C20H17F3N2O3/c21-20(22,23)14-5-3-13(4-6-14)19-16-12-25(10-9-17(16)28-24-19)18(26)8-7-15-2-1-11-27-15/h1-6,11H,7-10,12H2. The second-order valence-corrected chi connectivity index (χ2v) is 6.65. The fourth-order valence-electron chi connectivity index (χ4n) is 3.31. The van der Waals surface area contributed by atoms with Gasteiger partial charge in [-0.25, -0.2) is 0 Å². The van der Waals surface area contributed by atoms with Crippen LogP contribution in [-0.2, 0) is 30.4 Å². The van der Waals surface area contributed by atoms with Crippen molar-refractivity contribution in [2.45, 2.75) is 32.0 Å². The molecule has 0 saturated heterocycles. The van der Waals surface area contributed by atoms with Crippen molar-refractivity contribution in [2.75, 3.05) is 6.54 Å². The van der Waals surface area contributed by atoms with Crippen LogP contribution in [0.1, 0.15) is 29.1 Å². The lowest BCUT2D eigenvalue weighted by Crippen LogP contribution is -2.35. The molecule has 8 heteroatoms. The SMILES string of the molecule is O=C(CCc1ccco1)N1CCc2onc(-c3ccc(C(F)(F)F)cc3)c2C1. The Kier molecular flexibility index (Phi) is 4.70. The van der Waals surface area contributed by atoms with E-state index in [9.17, 15) is 18.0 Å². The van der Waals surface area contributed by atoms with Gasteiger partial charge >= 0.3 is 6.18 Å². The molecule has 0 spiro atoms. The maximum atomic E-state index is 12.8. The molecule has 2 aromatic heterocycles. The first kappa shape index (κ1) is 18.3. The molecule has 0 atom stereocenters. The summed E-state index contributed by atoms with van der Waals surface area (Å²) in [5, 5.41) is 4.03. The molecular weight excluding hydrogens is 373 g/mol. The van der Waals surface area contributed by atoms with Gasteiger partial charge in [-0.15, -0.1) is 0 Å². The number of alkyl halides is 3. The molecular formula is C20H17F3N2O3. The number of benzene rings is 1. The number of fused-ring (bicyclic) bond motifs is 1. The third-order valence-electron chi connectivity index (χ3n) is 4.83. The fraction of sp³-hybridized carbons (Fsp3) is 0.300. The summed E-state index contributed by atoms with van der Waals surface area (Å²) in [4.78, 5) is 14.3. The molecule has 1 amide bonds. The van der Waals surface area contributed by atoms with Gasteiger partial charge in [-0.1, -0.05) is 17.3 Å². The summed E-state index contributed by atoms with van der Waals surface area (Å²) in [5.41, 5.74) is 1.04. The minimum atomic E-state index is -4.39. The van der Waals surface area contributed by atoms with E-state index < -0.39 is 11.7 Å². The third kappa shape index (κ3) is 3.67. The Morgan fingerprint density at radius 1 is 1.18 bits per heavy atom. The highest BCUT2D eigenvalue weighted by atomic mass is 19.4. The number of rotatable bonds is 4. The van der Waals surface area contributed by atoms with Gasteiger partial charge in [0.05, 0.1) is 18.4 Å². The molecule has 0 bridgehead atoms. The molecule has 0 aliphatic carbocycles. The fourth-order valence-corrected chi connectivity index (χ4v) is 3.31. The number of carbonyl (C=O) groups excluding carboxylic acids is 1. The van der Waals surface area contributed by atoms with Crippen LogP contribution in [0.3, 0.4) is 0 Å². The summed E-state index contributed by atoms with van der Waals surface area (Å²) in [5.74, 6) is 1.41. The summed E-state index contributed by atoms with van der Waals surface area (Å²) in [6.45, 7) is 0.845. The van der Waals surface area contributed by atoms with Gasteiger partial charge in [0, 0.05) is 36.9 Å². The van der Waals surface area contributed by atoms with E-state index in [0.29, 0.717) is 49.4 Å². The van der Waals surface area contributed by atoms with Gasteiger partial charge in [-0.3, -0.25) is 4.79 Å². The van der Waals surface area contributed by atoms with E-state index in [1.807, 2.05) is 6.07 Å². The highest BCUT2D eigenvalue weighted by Crippen LogP contribution is 2.33. The van der Waals surface area contributed by atoms with Crippen molar-refractivity contribution in [1.29, 1.82) is 0 Å². The first-order valence-corrected chi connectivity index (χ1v) is 8.87. The average molecular weight is 390 g/mol. The smallest absolute Gasteiger partial charge is 0.416 e. The van der Waals surface area contributed by atoms with E-state index in [2.05, 4.69) is 5.16 Å². The molecule has 1 aromatic carbocycles. The second-order valence-electron chi connectivity index (χ2n) is 6.65. The van der Waals surface area contributed by atoms with Crippen LogP contribution in [0.5, 0.6) is 0 Å². The van der Waals surface area contributed by atoms with Crippen molar-refractivity contribution < 1.29 is 26.9 Å². The van der Waals surface area contributed by atoms with E-state index in [4.69, 9.17) is 8.94 Å². The zero-order chi connectivity index (χ0) is 19.7. The molecule has 0 fully saturated rings. The number of aromatic nitrogens is 1. The van der Waals surface area contributed by atoms with E-state index in [1.54, 1.807) is 17.2 Å². The van der Waals surface area contributed by atoms with Gasteiger partial charge < -0.3 is 13.8 Å². The summed E-state index contributed by atoms with van der Waals surface area (Å²) in [7, 11) is 0. The first-order valence-electron chi connectivity index (χ1n) is 8.87. The second kappa shape index (κ2) is 7.18. The van der Waals surface area contributed by atoms with Gasteiger partial charge in [0.15, 0.2) is 0 Å². The molecule has 0 radical (unpaired) electrons. The predicted molar refractivity (Wildman–Crippen MR) is 93.1 cm³/mol. The maximum absolute atomic E-state index is 12.8. The molecule has 146 valence electrons. The topological polar surface area (TPSA) is 59.5 Å². The monoisotopic (exact) mass is 390 g/mol. The summed E-state index contributed by atoms with van der Waals surface area (Å²) < 4.78 is 48.9. The molecule has 0 N–H and O–H groups in total. The zero-order valence-corrected chi connectivity index (χ0v) is 14.8. The number of amides is 1. The molecule has 0 unspecified atom stereocenters. The molecule has 1 aliphatic heterocycles. The predicted octanol–water partition coefficient (Wildman–Crippen LogP) is 4.47. The maximum Gasteiger partial charge on any atom is 0.416 e. The van der Waals surface area contributed by atoms with Gasteiger partial charge in [0.25, 0.3) is 0 Å². The lowest BCUT2D eigenvalue weighted by atomic mass is 10.00. The Labute approximate surface area is 158 Å². The molecule has 3 aromatic rings. The van der Waals surface area contributed by atoms with Gasteiger partial charge in [-0.05, 0) is 24.3 Å². The quantitative estimate of drug-likeness (QED) is 0.660. The molecule has 4 rings (SSSR count). The van der Waals surface area contributed by atoms with Crippen molar-refractivity contribution in [2.24, 2.45) is 0 Å². The number of nitrogens with zero attached hydrogens (tertiary/aromatic N) is 2. The molecule has 28 heavy (non-hydrogen) atoms. The van der Waals surface area contributed by atoms with Crippen LogP contribution < -0.4 is 0 Å². The number of halogens is 3. The van der Waals surface area contributed by atoms with Gasteiger partial charge in [-0.2, -0.15) is 13.2 Å². The van der Waals surface area contributed by atoms with E-state index in [0.717, 1.165) is 23.5 Å². The van der Waals surface area contributed by atoms with Crippen LogP contribution in [0, 0.1) is 0 Å². The Balaban J connectivity index is 1.49. The lowest BCUT2D eigenvalue weighted by Gasteiger charge is -2.26. The normalized spacial score (nSPS) is 14.2. The van der Waals surface area contributed by atoms with E-state index in [-0.39, 0.29) is 5.91 Å². The number of furan rings is 1. The Hall–Kier alpha value is -3.03. The van der Waals surface area contributed by atoms with Crippen LogP contribution in [0.4, 0.5) is 13.2 Å². The zero-order valence-electron chi connectivity index (χ0n) is 14.8. The summed E-state index contributed by atoms with van der Waals surface area (Å²) in [6.07, 6.45) is -1.46. The van der Waals surface area contributed by atoms with Crippen LogP contribution in [0.2, 0.25) is 0 Å². The van der Waals surface area contributed by atoms with Crippen molar-refractivity contribution in [3.05, 3.63) is 65.3 Å². The van der Waals surface area contributed by atoms with Gasteiger partial charge in [0.2, 0.25) is 5.91 Å². The van der Waals surface area contributed by atoms with E-state index >= 15 is 0 Å². The van der Waals surface area contributed by atoms with Crippen LogP contribution in [-0.4, -0.2) is 22.5 Å². The highest BCUT2D eigenvalue weighted by Gasteiger charge is 2.31. The van der Waals surface area contributed by atoms with Crippen LogP contribution in [0.25, 0.3) is 11.3 Å². The number of aryl methyl sites for hydroxylation is 1. The Morgan fingerprint density at radius 2 is 1.96 bits per heavy atom. The van der Waals surface area contributed by atoms with Crippen molar-refractivity contribution in [1.82, 2.24) is 10.1 Å². The molecule has 1 aliphatic rings. The van der Waals surface area contributed by atoms with Crippen LogP contribution in [0.15, 0.2) is 51.6 Å². The first-order chi connectivity index (χ1) is 13.4. The highest BCUT2D eigenvalue weighted by molar-refractivity contribution is 5.77. The largest absolute Gasteiger partial charge is 0.469 e. The number of hydrogen-bond acceptors (Lipinski definition) is 4. The minimum absolute atomic E-state index is 0.0124. The van der Waals surface area contributed by atoms with Gasteiger partial charge in [0.1, 0.15) is 17.2 Å². The molecule has 0 saturated carbocycles. The lowest BCUT2D eigenvalue weighted by molar-refractivity contribution is -0.137. The van der Waals surface area contributed by atoms with Crippen molar-refractivity contribution in [3.8, 4) is 11.3 Å². The third-order valence-corrected chi connectivity index (χ3v) is 4.83. The minimum Gasteiger partial charge on any atom is -0.469 e.